The quantitative estimate of drug-likeness (QED) is 0.215. The Bertz CT molecular complexity index is 1540. The molecule has 0 aromatic heterocycles. The first-order valence-electron chi connectivity index (χ1n) is 12.3. The molecule has 1 N–H and O–H groups in total. The third kappa shape index (κ3) is 4.72. The van der Waals surface area contributed by atoms with E-state index in [-0.39, 0.29) is 17.2 Å². The van der Waals surface area contributed by atoms with E-state index in [0.29, 0.717) is 39.6 Å². The zero-order chi connectivity index (χ0) is 27.8. The Balaban J connectivity index is 1.46. The Hall–Kier alpha value is -4.63. The number of anilines is 1. The topological polar surface area (TPSA) is 96.0 Å². The summed E-state index contributed by atoms with van der Waals surface area (Å²) in [5.74, 6) is -1.17. The number of carbonyl (C=O) groups excluding carboxylic acids is 4. The number of carbonyl (C=O) groups is 4. The lowest BCUT2D eigenvalue weighted by Crippen LogP contribution is -2.54. The van der Waals surface area contributed by atoms with E-state index in [4.69, 9.17) is 17.0 Å². The number of nitrogens with zero attached hydrogens (tertiary/aromatic N) is 2. The Labute approximate surface area is 230 Å². The summed E-state index contributed by atoms with van der Waals surface area (Å²) in [5, 5.41) is 2.59. The van der Waals surface area contributed by atoms with E-state index >= 15 is 0 Å². The molecule has 196 valence electrons. The van der Waals surface area contributed by atoms with Crippen LogP contribution in [0.1, 0.15) is 57.2 Å². The zero-order valence-electron chi connectivity index (χ0n) is 21.6. The van der Waals surface area contributed by atoms with E-state index in [1.807, 2.05) is 12.1 Å². The van der Waals surface area contributed by atoms with Gasteiger partial charge in [0.05, 0.1) is 30.5 Å². The average Bonchev–Trinajstić information content (AvgIpc) is 3.16. The van der Waals surface area contributed by atoms with Gasteiger partial charge in [-0.05, 0) is 71.7 Å². The molecule has 2 aliphatic rings. The fourth-order valence-corrected chi connectivity index (χ4v) is 4.91. The molecule has 1 fully saturated rings. The van der Waals surface area contributed by atoms with Gasteiger partial charge in [-0.1, -0.05) is 44.2 Å². The average molecular weight is 540 g/mol. The number of ether oxygens (including phenoxy) is 1. The van der Waals surface area contributed by atoms with Gasteiger partial charge in [0.25, 0.3) is 23.6 Å². The number of methoxy groups -OCH3 is 1. The second kappa shape index (κ2) is 10.3. The molecule has 4 amide bonds. The lowest BCUT2D eigenvalue weighted by molar-refractivity contribution is -0.122. The summed E-state index contributed by atoms with van der Waals surface area (Å²) in [6.07, 6.45) is 1.46. The monoisotopic (exact) mass is 539 g/mol. The van der Waals surface area contributed by atoms with Crippen molar-refractivity contribution in [2.75, 3.05) is 12.0 Å². The number of hydrogen-bond acceptors (Lipinski definition) is 6. The van der Waals surface area contributed by atoms with Crippen molar-refractivity contribution in [1.29, 1.82) is 0 Å². The second-order valence-electron chi connectivity index (χ2n) is 9.52. The first-order valence-corrected chi connectivity index (χ1v) is 12.7. The first-order chi connectivity index (χ1) is 18.7. The number of hydrogen-bond donors (Lipinski definition) is 1. The minimum Gasteiger partial charge on any atom is -0.496 e. The van der Waals surface area contributed by atoms with Crippen LogP contribution >= 0.6 is 12.2 Å². The SMILES string of the molecule is COc1ccc(C=C2C(=O)NC(=S)N(c3ccc(C(C)C)cc3)C2=O)cc1CN1C(=O)c2ccccc2C1=O. The molecule has 9 heteroatoms. The van der Waals surface area contributed by atoms with Gasteiger partial charge in [-0.2, -0.15) is 0 Å². The van der Waals surface area contributed by atoms with E-state index in [1.54, 1.807) is 54.6 Å². The van der Waals surface area contributed by atoms with Gasteiger partial charge in [-0.15, -0.1) is 0 Å². The minimum absolute atomic E-state index is 0.000455. The van der Waals surface area contributed by atoms with E-state index in [1.165, 1.54) is 18.1 Å². The molecular formula is C30H25N3O5S. The summed E-state index contributed by atoms with van der Waals surface area (Å²) in [7, 11) is 1.49. The van der Waals surface area contributed by atoms with Crippen LogP contribution in [0.5, 0.6) is 5.75 Å². The van der Waals surface area contributed by atoms with Crippen molar-refractivity contribution in [2.24, 2.45) is 0 Å². The minimum atomic E-state index is -0.613. The molecule has 0 saturated carbocycles. The van der Waals surface area contributed by atoms with E-state index in [0.717, 1.165) is 10.5 Å². The van der Waals surface area contributed by atoms with Crippen LogP contribution in [0.4, 0.5) is 5.69 Å². The van der Waals surface area contributed by atoms with Crippen LogP contribution in [0.2, 0.25) is 0 Å². The van der Waals surface area contributed by atoms with Gasteiger partial charge in [-0.25, -0.2) is 0 Å². The van der Waals surface area contributed by atoms with Crippen molar-refractivity contribution >= 4 is 52.7 Å². The highest BCUT2D eigenvalue weighted by Crippen LogP contribution is 2.30. The Morgan fingerprint density at radius 1 is 0.897 bits per heavy atom. The second-order valence-corrected chi connectivity index (χ2v) is 9.90. The van der Waals surface area contributed by atoms with Crippen LogP contribution in [0.25, 0.3) is 6.08 Å². The number of imide groups is 1. The number of amides is 4. The van der Waals surface area contributed by atoms with E-state index < -0.39 is 23.6 Å². The summed E-state index contributed by atoms with van der Waals surface area (Å²) in [6, 6.07) is 19.1. The largest absolute Gasteiger partial charge is 0.496 e. The molecule has 5 rings (SSSR count). The lowest BCUT2D eigenvalue weighted by Gasteiger charge is -2.29. The Kier molecular flexibility index (Phi) is 6.84. The first kappa shape index (κ1) is 26.0. The predicted molar refractivity (Wildman–Crippen MR) is 150 cm³/mol. The molecule has 0 radical (unpaired) electrons. The lowest BCUT2D eigenvalue weighted by atomic mass is 10.0. The van der Waals surface area contributed by atoms with Crippen LogP contribution in [0.15, 0.2) is 72.3 Å². The third-order valence-electron chi connectivity index (χ3n) is 6.74. The van der Waals surface area contributed by atoms with E-state index in [2.05, 4.69) is 19.2 Å². The van der Waals surface area contributed by atoms with Crippen LogP contribution in [-0.2, 0) is 16.1 Å². The standard InChI is InChI=1S/C30H25N3O5S/c1-17(2)19-9-11-21(12-10-19)33-29(37)24(26(34)31-30(33)39)15-18-8-13-25(38-3)20(14-18)16-32-27(35)22-6-4-5-7-23(22)28(32)36/h4-15,17H,16H2,1-3H3,(H,31,34,39). The van der Waals surface area contributed by atoms with Gasteiger partial charge in [-0.3, -0.25) is 34.3 Å². The van der Waals surface area contributed by atoms with Crippen LogP contribution in [0.3, 0.4) is 0 Å². The summed E-state index contributed by atoms with van der Waals surface area (Å²) in [5.41, 5.74) is 3.31. The predicted octanol–water partition coefficient (Wildman–Crippen LogP) is 4.45. The maximum Gasteiger partial charge on any atom is 0.270 e. The summed E-state index contributed by atoms with van der Waals surface area (Å²) in [4.78, 5) is 54.5. The van der Waals surface area contributed by atoms with Crippen molar-refractivity contribution < 1.29 is 23.9 Å². The molecule has 1 saturated heterocycles. The third-order valence-corrected chi connectivity index (χ3v) is 7.03. The van der Waals surface area contributed by atoms with Crippen molar-refractivity contribution in [3.05, 3.63) is 100 Å². The molecule has 0 atom stereocenters. The number of rotatable bonds is 6. The van der Waals surface area contributed by atoms with Gasteiger partial charge in [0.15, 0.2) is 5.11 Å². The van der Waals surface area contributed by atoms with E-state index in [9.17, 15) is 19.2 Å². The molecule has 0 bridgehead atoms. The van der Waals surface area contributed by atoms with Crippen LogP contribution in [0, 0.1) is 0 Å². The van der Waals surface area contributed by atoms with Crippen LogP contribution < -0.4 is 15.0 Å². The van der Waals surface area contributed by atoms with Crippen molar-refractivity contribution in [3.8, 4) is 5.75 Å². The molecule has 2 aliphatic heterocycles. The molecule has 3 aromatic carbocycles. The smallest absolute Gasteiger partial charge is 0.270 e. The highest BCUT2D eigenvalue weighted by Gasteiger charge is 2.36. The fourth-order valence-electron chi connectivity index (χ4n) is 4.63. The van der Waals surface area contributed by atoms with Crippen LogP contribution in [-0.4, -0.2) is 40.8 Å². The maximum atomic E-state index is 13.5. The number of nitrogens with one attached hydrogen (secondary N) is 1. The molecule has 8 nitrogen and oxygen atoms in total. The Morgan fingerprint density at radius 3 is 2.13 bits per heavy atom. The molecule has 0 unspecified atom stereocenters. The molecule has 0 spiro atoms. The number of fused-ring (bicyclic) bond motifs is 1. The summed E-state index contributed by atoms with van der Waals surface area (Å²) < 4.78 is 5.46. The van der Waals surface area contributed by atoms with Crippen molar-refractivity contribution in [3.63, 3.8) is 0 Å². The van der Waals surface area contributed by atoms with Crippen molar-refractivity contribution in [2.45, 2.75) is 26.3 Å². The van der Waals surface area contributed by atoms with Gasteiger partial charge in [0, 0.05) is 5.56 Å². The number of benzene rings is 3. The molecule has 2 heterocycles. The molecular weight excluding hydrogens is 514 g/mol. The summed E-state index contributed by atoms with van der Waals surface area (Å²) in [6.45, 7) is 4.11. The van der Waals surface area contributed by atoms with Gasteiger partial charge < -0.3 is 4.74 Å². The highest BCUT2D eigenvalue weighted by atomic mass is 32.1. The van der Waals surface area contributed by atoms with Gasteiger partial charge in [0.1, 0.15) is 11.3 Å². The van der Waals surface area contributed by atoms with Gasteiger partial charge >= 0.3 is 0 Å². The fraction of sp³-hybridized carbons (Fsp3) is 0.167. The summed E-state index contributed by atoms with van der Waals surface area (Å²) >= 11 is 5.31. The highest BCUT2D eigenvalue weighted by molar-refractivity contribution is 7.80. The maximum absolute atomic E-state index is 13.5. The molecule has 0 aliphatic carbocycles. The van der Waals surface area contributed by atoms with Gasteiger partial charge in [0.2, 0.25) is 0 Å². The molecule has 39 heavy (non-hydrogen) atoms. The number of thiocarbonyl (C=S) groups is 1. The normalized spacial score (nSPS) is 16.3. The zero-order valence-corrected chi connectivity index (χ0v) is 22.4. The molecule has 3 aromatic rings. The van der Waals surface area contributed by atoms with Crippen molar-refractivity contribution in [1.82, 2.24) is 10.2 Å². The Morgan fingerprint density at radius 2 is 1.54 bits per heavy atom.